The van der Waals surface area contributed by atoms with E-state index in [0.29, 0.717) is 0 Å². The molecule has 1 rings (SSSR count). The van der Waals surface area contributed by atoms with E-state index in [1.54, 1.807) is 0 Å². The SMILES string of the molecule is O=C(O)Cc1c(F)c(F)c(Br)c(F)c1Cl. The number of hydrogen-bond acceptors (Lipinski definition) is 1. The van der Waals surface area contributed by atoms with Crippen LogP contribution in [0, 0.1) is 17.5 Å². The zero-order chi connectivity index (χ0) is 11.7. The molecule has 0 unspecified atom stereocenters. The first-order chi connectivity index (χ1) is 6.86. The van der Waals surface area contributed by atoms with Gasteiger partial charge >= 0.3 is 5.97 Å². The molecule has 0 spiro atoms. The summed E-state index contributed by atoms with van der Waals surface area (Å²) in [5, 5.41) is 7.65. The Bertz CT molecular complexity index is 407. The third-order valence-corrected chi connectivity index (χ3v) is 2.72. The molecule has 1 aromatic carbocycles. The average molecular weight is 303 g/mol. The summed E-state index contributed by atoms with van der Waals surface area (Å²) < 4.78 is 38.5. The zero-order valence-electron chi connectivity index (χ0n) is 6.95. The molecule has 15 heavy (non-hydrogen) atoms. The Morgan fingerprint density at radius 1 is 1.27 bits per heavy atom. The van der Waals surface area contributed by atoms with Crippen LogP contribution in [0.3, 0.4) is 0 Å². The Morgan fingerprint density at radius 2 is 1.80 bits per heavy atom. The number of rotatable bonds is 2. The summed E-state index contributed by atoms with van der Waals surface area (Å²) >= 11 is 7.80. The molecular weight excluding hydrogens is 300 g/mol. The van der Waals surface area contributed by atoms with Crippen molar-refractivity contribution >= 4 is 33.5 Å². The lowest BCUT2D eigenvalue weighted by atomic mass is 10.1. The van der Waals surface area contributed by atoms with Gasteiger partial charge < -0.3 is 5.11 Å². The summed E-state index contributed by atoms with van der Waals surface area (Å²) in [5.41, 5.74) is -0.706. The highest BCUT2D eigenvalue weighted by Gasteiger charge is 2.23. The standard InChI is InChI=1S/C8H3BrClF3O2/c9-4-7(12)5(10)2(1-3(14)15)6(11)8(4)13/h1H2,(H,14,15). The van der Waals surface area contributed by atoms with E-state index < -0.39 is 44.9 Å². The van der Waals surface area contributed by atoms with E-state index in [9.17, 15) is 18.0 Å². The van der Waals surface area contributed by atoms with Crippen molar-refractivity contribution in [1.29, 1.82) is 0 Å². The van der Waals surface area contributed by atoms with Crippen LogP contribution in [0.5, 0.6) is 0 Å². The van der Waals surface area contributed by atoms with Gasteiger partial charge in [0.2, 0.25) is 0 Å². The molecule has 7 heteroatoms. The van der Waals surface area contributed by atoms with E-state index in [4.69, 9.17) is 16.7 Å². The number of benzene rings is 1. The highest BCUT2D eigenvalue weighted by Crippen LogP contribution is 2.32. The molecule has 2 nitrogen and oxygen atoms in total. The maximum Gasteiger partial charge on any atom is 0.307 e. The van der Waals surface area contributed by atoms with E-state index in [2.05, 4.69) is 15.9 Å². The molecule has 82 valence electrons. The van der Waals surface area contributed by atoms with Gasteiger partial charge in [-0.15, -0.1) is 0 Å². The van der Waals surface area contributed by atoms with Crippen molar-refractivity contribution in [1.82, 2.24) is 0 Å². The van der Waals surface area contributed by atoms with Gasteiger partial charge in [0.25, 0.3) is 0 Å². The molecule has 0 aromatic heterocycles. The molecule has 0 heterocycles. The van der Waals surface area contributed by atoms with Crippen molar-refractivity contribution in [2.75, 3.05) is 0 Å². The lowest BCUT2D eigenvalue weighted by Crippen LogP contribution is -2.07. The Morgan fingerprint density at radius 3 is 2.27 bits per heavy atom. The number of carbonyl (C=O) groups is 1. The molecule has 0 aliphatic rings. The normalized spacial score (nSPS) is 10.5. The maximum atomic E-state index is 13.1. The topological polar surface area (TPSA) is 37.3 Å². The number of hydrogen-bond donors (Lipinski definition) is 1. The Kier molecular flexibility index (Phi) is 3.62. The van der Waals surface area contributed by atoms with Gasteiger partial charge in [0, 0.05) is 5.56 Å². The van der Waals surface area contributed by atoms with Gasteiger partial charge in [-0.3, -0.25) is 4.79 Å². The second-order valence-electron chi connectivity index (χ2n) is 2.62. The molecule has 0 saturated heterocycles. The Labute approximate surface area is 95.8 Å². The van der Waals surface area contributed by atoms with E-state index in [-0.39, 0.29) is 0 Å². The molecule has 0 fully saturated rings. The quantitative estimate of drug-likeness (QED) is 0.673. The van der Waals surface area contributed by atoms with Crippen LogP contribution in [0.15, 0.2) is 4.47 Å². The van der Waals surface area contributed by atoms with Gasteiger partial charge in [0.05, 0.1) is 15.9 Å². The molecule has 0 aliphatic carbocycles. The molecule has 0 aliphatic heterocycles. The van der Waals surface area contributed by atoms with Crippen molar-refractivity contribution < 1.29 is 23.1 Å². The first-order valence-electron chi connectivity index (χ1n) is 3.58. The van der Waals surface area contributed by atoms with Crippen molar-refractivity contribution in [3.05, 3.63) is 32.5 Å². The summed E-state index contributed by atoms with van der Waals surface area (Å²) in [6.07, 6.45) is -0.883. The number of carboxylic acid groups (broad SMARTS) is 1. The monoisotopic (exact) mass is 302 g/mol. The molecular formula is C8H3BrClF3O2. The van der Waals surface area contributed by atoms with Crippen LogP contribution in [0.25, 0.3) is 0 Å². The molecule has 0 radical (unpaired) electrons. The highest BCUT2D eigenvalue weighted by molar-refractivity contribution is 9.10. The second-order valence-corrected chi connectivity index (χ2v) is 3.79. The minimum atomic E-state index is -1.49. The Balaban J connectivity index is 3.45. The summed E-state index contributed by atoms with van der Waals surface area (Å²) in [4.78, 5) is 10.3. The Hall–Kier alpha value is -0.750. The van der Waals surface area contributed by atoms with Crippen LogP contribution >= 0.6 is 27.5 Å². The van der Waals surface area contributed by atoms with Gasteiger partial charge in [0.1, 0.15) is 0 Å². The molecule has 0 saturated carbocycles. The fourth-order valence-electron chi connectivity index (χ4n) is 0.957. The van der Waals surface area contributed by atoms with Crippen molar-refractivity contribution in [3.63, 3.8) is 0 Å². The predicted molar refractivity (Wildman–Crippen MR) is 50.4 cm³/mol. The summed E-state index contributed by atoms with van der Waals surface area (Å²) in [6.45, 7) is 0. The third-order valence-electron chi connectivity index (χ3n) is 1.63. The van der Waals surface area contributed by atoms with Crippen LogP contribution in [-0.4, -0.2) is 11.1 Å². The largest absolute Gasteiger partial charge is 0.481 e. The minimum absolute atomic E-state index is 0.706. The van der Waals surface area contributed by atoms with E-state index >= 15 is 0 Å². The minimum Gasteiger partial charge on any atom is -0.481 e. The third kappa shape index (κ3) is 2.26. The van der Waals surface area contributed by atoms with Crippen LogP contribution in [-0.2, 0) is 11.2 Å². The van der Waals surface area contributed by atoms with Gasteiger partial charge in [-0.25, -0.2) is 13.2 Å². The van der Waals surface area contributed by atoms with Gasteiger partial charge in [0.15, 0.2) is 17.5 Å². The van der Waals surface area contributed by atoms with E-state index in [1.165, 1.54) is 0 Å². The van der Waals surface area contributed by atoms with Crippen molar-refractivity contribution in [3.8, 4) is 0 Å². The number of carboxylic acids is 1. The molecule has 1 aromatic rings. The fraction of sp³-hybridized carbons (Fsp3) is 0.125. The van der Waals surface area contributed by atoms with Gasteiger partial charge in [-0.1, -0.05) is 11.6 Å². The lowest BCUT2D eigenvalue weighted by Gasteiger charge is -2.07. The lowest BCUT2D eigenvalue weighted by molar-refractivity contribution is -0.136. The van der Waals surface area contributed by atoms with Crippen LogP contribution in [0.1, 0.15) is 5.56 Å². The average Bonchev–Trinajstić information content (AvgIpc) is 2.18. The van der Waals surface area contributed by atoms with Crippen LogP contribution in [0.4, 0.5) is 13.2 Å². The summed E-state index contributed by atoms with van der Waals surface area (Å²) in [6, 6.07) is 0. The van der Waals surface area contributed by atoms with Gasteiger partial charge in [-0.05, 0) is 15.9 Å². The van der Waals surface area contributed by atoms with E-state index in [1.807, 2.05) is 0 Å². The maximum absolute atomic E-state index is 13.1. The smallest absolute Gasteiger partial charge is 0.307 e. The molecule has 1 N–H and O–H groups in total. The summed E-state index contributed by atoms with van der Waals surface area (Å²) in [7, 11) is 0. The number of aliphatic carboxylic acids is 1. The van der Waals surface area contributed by atoms with Gasteiger partial charge in [-0.2, -0.15) is 0 Å². The van der Waals surface area contributed by atoms with Crippen molar-refractivity contribution in [2.45, 2.75) is 6.42 Å². The molecule has 0 amide bonds. The first kappa shape index (κ1) is 12.3. The first-order valence-corrected chi connectivity index (χ1v) is 4.75. The zero-order valence-corrected chi connectivity index (χ0v) is 9.29. The summed E-state index contributed by atoms with van der Waals surface area (Å²) in [5.74, 6) is -5.60. The molecule has 0 atom stereocenters. The molecule has 0 bridgehead atoms. The predicted octanol–water partition coefficient (Wildman–Crippen LogP) is 3.15. The number of halogens is 5. The van der Waals surface area contributed by atoms with Crippen LogP contribution < -0.4 is 0 Å². The second kappa shape index (κ2) is 4.40. The van der Waals surface area contributed by atoms with Crippen LogP contribution in [0.2, 0.25) is 5.02 Å². The van der Waals surface area contributed by atoms with E-state index in [0.717, 1.165) is 0 Å². The highest BCUT2D eigenvalue weighted by atomic mass is 79.9. The van der Waals surface area contributed by atoms with Crippen molar-refractivity contribution in [2.24, 2.45) is 0 Å². The fourth-order valence-corrected chi connectivity index (χ4v) is 1.69.